The fraction of sp³-hybridized carbons (Fsp3) is 0.167. The minimum atomic E-state index is -0.400. The van der Waals surface area contributed by atoms with Crippen LogP contribution in [0.25, 0.3) is 0 Å². The third kappa shape index (κ3) is 0.988. The predicted octanol–water partition coefficient (Wildman–Crippen LogP) is 1.11. The van der Waals surface area contributed by atoms with E-state index < -0.39 is 5.82 Å². The highest BCUT2D eigenvalue weighted by Crippen LogP contribution is 2.10. The van der Waals surface area contributed by atoms with Crippen molar-refractivity contribution in [2.75, 3.05) is 5.73 Å². The summed E-state index contributed by atoms with van der Waals surface area (Å²) >= 11 is 0. The fourth-order valence-corrected chi connectivity index (χ4v) is 0.547. The molecule has 0 atom stereocenters. The second-order valence-electron chi connectivity index (χ2n) is 1.79. The van der Waals surface area contributed by atoms with Crippen molar-refractivity contribution in [2.45, 2.75) is 6.92 Å². The van der Waals surface area contributed by atoms with Gasteiger partial charge in [0.2, 0.25) is 0 Å². The lowest BCUT2D eigenvalue weighted by Gasteiger charge is -1.96. The van der Waals surface area contributed by atoms with E-state index in [9.17, 15) is 4.39 Å². The van der Waals surface area contributed by atoms with E-state index in [4.69, 9.17) is 5.73 Å². The Morgan fingerprint density at radius 1 is 1.67 bits per heavy atom. The maximum absolute atomic E-state index is 12.4. The first-order chi connectivity index (χ1) is 4.22. The summed E-state index contributed by atoms with van der Waals surface area (Å²) in [4.78, 5) is 3.77. The highest BCUT2D eigenvalue weighted by Gasteiger charge is 1.98. The van der Waals surface area contributed by atoms with Gasteiger partial charge in [-0.3, -0.25) is 4.98 Å². The Hall–Kier alpha value is -1.12. The largest absolute Gasteiger partial charge is 0.395 e. The van der Waals surface area contributed by atoms with Crippen LogP contribution in [-0.2, 0) is 0 Å². The van der Waals surface area contributed by atoms with Crippen molar-refractivity contribution in [1.82, 2.24) is 4.98 Å². The van der Waals surface area contributed by atoms with Gasteiger partial charge in [-0.2, -0.15) is 0 Å². The minimum Gasteiger partial charge on any atom is -0.395 e. The predicted molar refractivity (Wildman–Crippen MR) is 33.3 cm³/mol. The molecule has 2 N–H and O–H groups in total. The summed E-state index contributed by atoms with van der Waals surface area (Å²) in [6.45, 7) is 1.67. The number of rotatable bonds is 0. The van der Waals surface area contributed by atoms with Crippen LogP contribution in [0.15, 0.2) is 12.3 Å². The van der Waals surface area contributed by atoms with Crippen LogP contribution in [0.4, 0.5) is 10.1 Å². The van der Waals surface area contributed by atoms with E-state index in [1.54, 1.807) is 6.92 Å². The Bertz CT molecular complexity index is 202. The monoisotopic (exact) mass is 126 g/mol. The van der Waals surface area contributed by atoms with Gasteiger partial charge in [-0.1, -0.05) is 0 Å². The lowest BCUT2D eigenvalue weighted by molar-refractivity contribution is 0.629. The van der Waals surface area contributed by atoms with Crippen molar-refractivity contribution in [1.29, 1.82) is 0 Å². The molecule has 0 saturated carbocycles. The van der Waals surface area contributed by atoms with Crippen LogP contribution in [0.3, 0.4) is 0 Å². The molecule has 0 radical (unpaired) electrons. The molecule has 1 aromatic rings. The van der Waals surface area contributed by atoms with Crippen molar-refractivity contribution in [2.24, 2.45) is 0 Å². The molecule has 48 valence electrons. The molecule has 0 aliphatic heterocycles. The molecule has 0 amide bonds. The number of aryl methyl sites for hydroxylation is 1. The molecular weight excluding hydrogens is 119 g/mol. The van der Waals surface area contributed by atoms with Crippen LogP contribution in [0.2, 0.25) is 0 Å². The zero-order valence-electron chi connectivity index (χ0n) is 5.06. The van der Waals surface area contributed by atoms with Gasteiger partial charge in [0.1, 0.15) is 5.82 Å². The summed E-state index contributed by atoms with van der Waals surface area (Å²) in [5, 5.41) is 0. The smallest absolute Gasteiger partial charge is 0.149 e. The van der Waals surface area contributed by atoms with Crippen LogP contribution in [0.5, 0.6) is 0 Å². The summed E-state index contributed by atoms with van der Waals surface area (Å²) in [7, 11) is 0. The molecule has 0 spiro atoms. The van der Waals surface area contributed by atoms with Crippen molar-refractivity contribution in [3.8, 4) is 0 Å². The quantitative estimate of drug-likeness (QED) is 0.565. The van der Waals surface area contributed by atoms with Gasteiger partial charge in [-0.05, 0) is 13.0 Å². The average molecular weight is 126 g/mol. The van der Waals surface area contributed by atoms with Gasteiger partial charge in [-0.15, -0.1) is 0 Å². The van der Waals surface area contributed by atoms with Crippen molar-refractivity contribution >= 4 is 5.69 Å². The Labute approximate surface area is 52.5 Å². The highest BCUT2D eigenvalue weighted by molar-refractivity contribution is 5.42. The summed E-state index contributed by atoms with van der Waals surface area (Å²) < 4.78 is 12.4. The number of pyridine rings is 1. The van der Waals surface area contributed by atoms with Crippen LogP contribution in [-0.4, -0.2) is 4.98 Å². The Balaban J connectivity index is 3.25. The van der Waals surface area contributed by atoms with Crippen LogP contribution in [0.1, 0.15) is 5.69 Å². The molecule has 2 nitrogen and oxygen atoms in total. The Kier molecular flexibility index (Phi) is 1.34. The molecule has 1 rings (SSSR count). The first kappa shape index (κ1) is 6.01. The summed E-state index contributed by atoms with van der Waals surface area (Å²) in [6.07, 6.45) is 1.39. The SMILES string of the molecule is Cc1nccc(F)c1N. The van der Waals surface area contributed by atoms with E-state index in [1.165, 1.54) is 12.3 Å². The molecule has 0 aromatic carbocycles. The first-order valence-electron chi connectivity index (χ1n) is 2.58. The number of hydrogen-bond donors (Lipinski definition) is 1. The minimum absolute atomic E-state index is 0.137. The van der Waals surface area contributed by atoms with Crippen molar-refractivity contribution in [3.63, 3.8) is 0 Å². The average Bonchev–Trinajstić information content (AvgIpc) is 1.83. The second kappa shape index (κ2) is 2.01. The maximum atomic E-state index is 12.4. The third-order valence-corrected chi connectivity index (χ3v) is 1.14. The topological polar surface area (TPSA) is 38.9 Å². The number of aromatic nitrogens is 1. The summed E-state index contributed by atoms with van der Waals surface area (Å²) in [5.41, 5.74) is 5.92. The number of hydrogen-bond acceptors (Lipinski definition) is 2. The Morgan fingerprint density at radius 2 is 2.33 bits per heavy atom. The first-order valence-corrected chi connectivity index (χ1v) is 2.58. The Morgan fingerprint density at radius 3 is 2.78 bits per heavy atom. The number of nitrogens with zero attached hydrogens (tertiary/aromatic N) is 1. The zero-order valence-corrected chi connectivity index (χ0v) is 5.06. The second-order valence-corrected chi connectivity index (χ2v) is 1.79. The molecule has 0 saturated heterocycles. The van der Waals surface area contributed by atoms with Gasteiger partial charge in [0.25, 0.3) is 0 Å². The number of nitrogen functional groups attached to an aromatic ring is 1. The molecule has 3 heteroatoms. The molecule has 0 fully saturated rings. The molecule has 0 unspecified atom stereocenters. The van der Waals surface area contributed by atoms with Crippen LogP contribution < -0.4 is 5.73 Å². The molecule has 1 aromatic heterocycles. The third-order valence-electron chi connectivity index (χ3n) is 1.14. The van der Waals surface area contributed by atoms with Gasteiger partial charge in [0, 0.05) is 6.20 Å². The lowest BCUT2D eigenvalue weighted by Crippen LogP contribution is -1.95. The summed E-state index contributed by atoms with van der Waals surface area (Å²) in [6, 6.07) is 1.24. The van der Waals surface area contributed by atoms with E-state index in [1.807, 2.05) is 0 Å². The van der Waals surface area contributed by atoms with Crippen molar-refractivity contribution < 1.29 is 4.39 Å². The highest BCUT2D eigenvalue weighted by atomic mass is 19.1. The van der Waals surface area contributed by atoms with Crippen LogP contribution in [0, 0.1) is 12.7 Å². The number of halogens is 1. The molecule has 0 aliphatic rings. The normalized spacial score (nSPS) is 9.56. The molecular formula is C6H7FN2. The van der Waals surface area contributed by atoms with Gasteiger partial charge >= 0.3 is 0 Å². The van der Waals surface area contributed by atoms with E-state index in [0.717, 1.165) is 0 Å². The molecule has 0 bridgehead atoms. The maximum Gasteiger partial charge on any atom is 0.149 e. The van der Waals surface area contributed by atoms with Crippen LogP contribution >= 0.6 is 0 Å². The van der Waals surface area contributed by atoms with Gasteiger partial charge < -0.3 is 5.73 Å². The zero-order chi connectivity index (χ0) is 6.85. The van der Waals surface area contributed by atoms with Gasteiger partial charge in [-0.25, -0.2) is 4.39 Å². The molecule has 0 aliphatic carbocycles. The van der Waals surface area contributed by atoms with Crippen molar-refractivity contribution in [3.05, 3.63) is 23.8 Å². The van der Waals surface area contributed by atoms with E-state index in [0.29, 0.717) is 5.69 Å². The van der Waals surface area contributed by atoms with E-state index >= 15 is 0 Å². The van der Waals surface area contributed by atoms with E-state index in [-0.39, 0.29) is 5.69 Å². The molecule has 1 heterocycles. The van der Waals surface area contributed by atoms with Gasteiger partial charge in [0.15, 0.2) is 0 Å². The fourth-order valence-electron chi connectivity index (χ4n) is 0.547. The lowest BCUT2D eigenvalue weighted by atomic mass is 10.3. The van der Waals surface area contributed by atoms with E-state index in [2.05, 4.69) is 4.98 Å². The summed E-state index contributed by atoms with van der Waals surface area (Å²) in [5.74, 6) is -0.400. The standard InChI is InChI=1S/C6H7FN2/c1-4-6(8)5(7)2-3-9-4/h2-3H,8H2,1H3. The molecule has 9 heavy (non-hydrogen) atoms. The number of nitrogens with two attached hydrogens (primary N) is 1. The number of anilines is 1. The van der Waals surface area contributed by atoms with Gasteiger partial charge in [0.05, 0.1) is 11.4 Å².